The minimum absolute atomic E-state index is 0.322. The monoisotopic (exact) mass is 197 g/mol. The third-order valence-electron chi connectivity index (χ3n) is 1.09. The van der Waals surface area contributed by atoms with E-state index < -0.39 is 5.91 Å². The zero-order valence-corrected chi connectivity index (χ0v) is 7.72. The topological polar surface area (TPSA) is 64.1 Å². The van der Waals surface area contributed by atoms with Gasteiger partial charge in [-0.15, -0.1) is 6.42 Å². The molecule has 0 spiro atoms. The van der Waals surface area contributed by atoms with Crippen LogP contribution in [0.5, 0.6) is 0 Å². The number of nitrogens with one attached hydrogen (secondary N) is 1. The van der Waals surface area contributed by atoms with Crippen molar-refractivity contribution in [2.75, 3.05) is 12.4 Å². The molecule has 1 rings (SSSR count). The number of rotatable bonds is 3. The quantitative estimate of drug-likeness (QED) is 0.706. The van der Waals surface area contributed by atoms with Crippen molar-refractivity contribution in [3.63, 3.8) is 0 Å². The van der Waals surface area contributed by atoms with E-state index in [0.717, 1.165) is 11.5 Å². The molecule has 1 amide bonds. The van der Waals surface area contributed by atoms with Gasteiger partial charge >= 0.3 is 5.91 Å². The smallest absolute Gasteiger partial charge is 0.301 e. The summed E-state index contributed by atoms with van der Waals surface area (Å²) in [5.41, 5.74) is 0. The highest BCUT2D eigenvalue weighted by atomic mass is 32.1. The van der Waals surface area contributed by atoms with Crippen LogP contribution in [-0.2, 0) is 16.1 Å². The van der Waals surface area contributed by atoms with E-state index in [2.05, 4.69) is 14.7 Å². The number of aromatic nitrogens is 2. The van der Waals surface area contributed by atoms with Gasteiger partial charge in [0.2, 0.25) is 5.13 Å². The second kappa shape index (κ2) is 4.54. The average Bonchev–Trinajstić information content (AvgIpc) is 2.53. The zero-order chi connectivity index (χ0) is 9.68. The van der Waals surface area contributed by atoms with E-state index >= 15 is 0 Å². The first kappa shape index (κ1) is 9.64. The molecule has 13 heavy (non-hydrogen) atoms. The van der Waals surface area contributed by atoms with Crippen LogP contribution in [0.15, 0.2) is 0 Å². The van der Waals surface area contributed by atoms with Gasteiger partial charge in [-0.05, 0) is 5.92 Å². The number of anilines is 1. The molecule has 5 nitrogen and oxygen atoms in total. The molecule has 0 atom stereocenters. The summed E-state index contributed by atoms with van der Waals surface area (Å²) in [7, 11) is 1.54. The SMILES string of the molecule is C#CC(=O)Nc1nc(COC)ns1. The summed E-state index contributed by atoms with van der Waals surface area (Å²) in [5.74, 6) is 1.91. The van der Waals surface area contributed by atoms with E-state index in [1.165, 1.54) is 0 Å². The van der Waals surface area contributed by atoms with Crippen molar-refractivity contribution < 1.29 is 9.53 Å². The Labute approximate surface area is 79.3 Å². The van der Waals surface area contributed by atoms with E-state index in [9.17, 15) is 4.79 Å². The maximum atomic E-state index is 10.7. The van der Waals surface area contributed by atoms with Gasteiger partial charge in [0, 0.05) is 18.6 Å². The van der Waals surface area contributed by atoms with Crippen molar-refractivity contribution in [3.8, 4) is 12.3 Å². The number of amides is 1. The fourth-order valence-corrected chi connectivity index (χ4v) is 1.20. The standard InChI is InChI=1S/C7H7N3O2S/c1-3-6(11)9-7-8-5(4-12-2)10-13-7/h1H,4H2,2H3,(H,8,9,10,11). The first-order valence-electron chi connectivity index (χ1n) is 3.35. The van der Waals surface area contributed by atoms with Crippen molar-refractivity contribution in [2.24, 2.45) is 0 Å². The highest BCUT2D eigenvalue weighted by Crippen LogP contribution is 2.10. The van der Waals surface area contributed by atoms with Crippen LogP contribution >= 0.6 is 11.5 Å². The third-order valence-corrected chi connectivity index (χ3v) is 1.76. The lowest BCUT2D eigenvalue weighted by atomic mass is 10.6. The molecular weight excluding hydrogens is 190 g/mol. The lowest BCUT2D eigenvalue weighted by molar-refractivity contribution is -0.111. The number of terminal acetylenes is 1. The van der Waals surface area contributed by atoms with Crippen molar-refractivity contribution >= 4 is 22.6 Å². The molecule has 1 aromatic rings. The van der Waals surface area contributed by atoms with Crippen LogP contribution in [0, 0.1) is 12.3 Å². The van der Waals surface area contributed by atoms with E-state index in [1.54, 1.807) is 7.11 Å². The molecule has 0 aliphatic carbocycles. The number of carbonyl (C=O) groups excluding carboxylic acids is 1. The molecule has 0 saturated carbocycles. The van der Waals surface area contributed by atoms with Crippen LogP contribution in [0.3, 0.4) is 0 Å². The Bertz CT molecular complexity index is 342. The Hall–Kier alpha value is -1.45. The molecule has 1 N–H and O–H groups in total. The van der Waals surface area contributed by atoms with Crippen molar-refractivity contribution in [2.45, 2.75) is 6.61 Å². The van der Waals surface area contributed by atoms with Crippen molar-refractivity contribution in [1.29, 1.82) is 0 Å². The summed E-state index contributed by atoms with van der Waals surface area (Å²) >= 11 is 1.06. The van der Waals surface area contributed by atoms with E-state index in [1.807, 2.05) is 5.92 Å². The third kappa shape index (κ3) is 2.82. The number of hydrogen-bond donors (Lipinski definition) is 1. The molecule has 0 aliphatic heterocycles. The first-order chi connectivity index (χ1) is 6.26. The van der Waals surface area contributed by atoms with Gasteiger partial charge in [0.05, 0.1) is 0 Å². The molecule has 0 aliphatic rings. The highest BCUT2D eigenvalue weighted by molar-refractivity contribution is 7.09. The minimum atomic E-state index is -0.528. The van der Waals surface area contributed by atoms with Crippen LogP contribution in [-0.4, -0.2) is 22.4 Å². The molecule has 68 valence electrons. The Kier molecular flexibility index (Phi) is 3.37. The Morgan fingerprint density at radius 3 is 3.23 bits per heavy atom. The fourth-order valence-electron chi connectivity index (χ4n) is 0.626. The summed E-state index contributed by atoms with van der Waals surface area (Å²) in [6.45, 7) is 0.322. The van der Waals surface area contributed by atoms with Gasteiger partial charge in [-0.2, -0.15) is 4.37 Å². The lowest BCUT2D eigenvalue weighted by Gasteiger charge is -1.91. The van der Waals surface area contributed by atoms with Crippen LogP contribution in [0.2, 0.25) is 0 Å². The van der Waals surface area contributed by atoms with Crippen LogP contribution in [0.25, 0.3) is 0 Å². The number of methoxy groups -OCH3 is 1. The van der Waals surface area contributed by atoms with Gasteiger partial charge in [-0.25, -0.2) is 4.98 Å². The van der Waals surface area contributed by atoms with E-state index in [-0.39, 0.29) is 0 Å². The maximum Gasteiger partial charge on any atom is 0.301 e. The van der Waals surface area contributed by atoms with Gasteiger partial charge in [-0.1, -0.05) is 0 Å². The summed E-state index contributed by atoms with van der Waals surface area (Å²) < 4.78 is 8.72. The van der Waals surface area contributed by atoms with Crippen LogP contribution < -0.4 is 5.32 Å². The molecule has 0 fully saturated rings. The average molecular weight is 197 g/mol. The van der Waals surface area contributed by atoms with Gasteiger partial charge in [0.15, 0.2) is 5.82 Å². The molecular formula is C7H7N3O2S. The maximum absolute atomic E-state index is 10.7. The first-order valence-corrected chi connectivity index (χ1v) is 4.12. The molecule has 0 aromatic carbocycles. The number of nitrogens with zero attached hydrogens (tertiary/aromatic N) is 2. The largest absolute Gasteiger partial charge is 0.377 e. The Morgan fingerprint density at radius 1 is 1.85 bits per heavy atom. The molecule has 1 aromatic heterocycles. The molecule has 0 saturated heterocycles. The minimum Gasteiger partial charge on any atom is -0.377 e. The van der Waals surface area contributed by atoms with Gasteiger partial charge < -0.3 is 4.74 Å². The van der Waals surface area contributed by atoms with Gasteiger partial charge in [0.1, 0.15) is 6.61 Å². The predicted octanol–water partition coefficient (Wildman–Crippen LogP) is 0.256. The molecule has 1 heterocycles. The number of carbonyl (C=O) groups is 1. The summed E-state index contributed by atoms with van der Waals surface area (Å²) in [5, 5.41) is 2.77. The highest BCUT2D eigenvalue weighted by Gasteiger charge is 2.04. The van der Waals surface area contributed by atoms with Crippen LogP contribution in [0.4, 0.5) is 5.13 Å². The Morgan fingerprint density at radius 2 is 2.62 bits per heavy atom. The van der Waals surface area contributed by atoms with Gasteiger partial charge in [0.25, 0.3) is 0 Å². The second-order valence-corrected chi connectivity index (χ2v) is 2.80. The van der Waals surface area contributed by atoms with Crippen molar-refractivity contribution in [1.82, 2.24) is 9.36 Å². The number of ether oxygens (including phenoxy) is 1. The summed E-state index contributed by atoms with van der Waals surface area (Å²) in [6.07, 6.45) is 4.86. The van der Waals surface area contributed by atoms with Crippen molar-refractivity contribution in [3.05, 3.63) is 5.82 Å². The predicted molar refractivity (Wildman–Crippen MR) is 48.1 cm³/mol. The lowest BCUT2D eigenvalue weighted by Crippen LogP contribution is -2.07. The van der Waals surface area contributed by atoms with Gasteiger partial charge in [-0.3, -0.25) is 10.1 Å². The molecule has 0 unspecified atom stereocenters. The number of hydrogen-bond acceptors (Lipinski definition) is 5. The van der Waals surface area contributed by atoms with E-state index in [4.69, 9.17) is 11.2 Å². The second-order valence-electron chi connectivity index (χ2n) is 2.05. The Balaban J connectivity index is 2.59. The zero-order valence-electron chi connectivity index (χ0n) is 6.90. The van der Waals surface area contributed by atoms with Crippen LogP contribution in [0.1, 0.15) is 5.82 Å². The molecule has 0 radical (unpaired) electrons. The summed E-state index contributed by atoms with van der Waals surface area (Å²) in [6, 6.07) is 0. The summed E-state index contributed by atoms with van der Waals surface area (Å²) in [4.78, 5) is 14.7. The normalized spacial score (nSPS) is 9.23. The fraction of sp³-hybridized carbons (Fsp3) is 0.286. The molecule has 0 bridgehead atoms. The molecule has 6 heteroatoms. The van der Waals surface area contributed by atoms with E-state index in [0.29, 0.717) is 17.6 Å².